The molecule has 1 heterocycles. The number of hydrogen-bond acceptors (Lipinski definition) is 2. The standard InChI is InChI=1S/C14H14FNO2/c1-10-6-7-12(18-10)9-16-14(17)8-11-4-2-3-5-13(11)15/h2-7H,8-9H2,1H3,(H,16,17). The van der Waals surface area contributed by atoms with Crippen molar-refractivity contribution in [2.24, 2.45) is 0 Å². The Balaban J connectivity index is 1.88. The lowest BCUT2D eigenvalue weighted by Gasteiger charge is -2.04. The van der Waals surface area contributed by atoms with Crippen molar-refractivity contribution in [3.63, 3.8) is 0 Å². The number of amides is 1. The summed E-state index contributed by atoms with van der Waals surface area (Å²) >= 11 is 0. The average Bonchev–Trinajstić information content (AvgIpc) is 2.76. The minimum atomic E-state index is -0.360. The normalized spacial score (nSPS) is 10.3. The summed E-state index contributed by atoms with van der Waals surface area (Å²) in [6.45, 7) is 2.16. The fourth-order valence-electron chi connectivity index (χ4n) is 1.64. The van der Waals surface area contributed by atoms with E-state index in [0.717, 1.165) is 5.76 Å². The molecule has 4 heteroatoms. The summed E-state index contributed by atoms with van der Waals surface area (Å²) in [6.07, 6.45) is 0.0341. The van der Waals surface area contributed by atoms with Crippen molar-refractivity contribution in [1.82, 2.24) is 5.32 Å². The highest BCUT2D eigenvalue weighted by Crippen LogP contribution is 2.08. The molecule has 0 radical (unpaired) electrons. The Kier molecular flexibility index (Phi) is 3.77. The number of aryl methyl sites for hydroxylation is 1. The van der Waals surface area contributed by atoms with Gasteiger partial charge in [-0.1, -0.05) is 18.2 Å². The number of rotatable bonds is 4. The Morgan fingerprint density at radius 3 is 2.72 bits per heavy atom. The quantitative estimate of drug-likeness (QED) is 0.902. The van der Waals surface area contributed by atoms with E-state index in [-0.39, 0.29) is 18.1 Å². The van der Waals surface area contributed by atoms with Crippen molar-refractivity contribution in [2.75, 3.05) is 0 Å². The van der Waals surface area contributed by atoms with E-state index in [1.165, 1.54) is 6.07 Å². The first-order chi connectivity index (χ1) is 8.65. The van der Waals surface area contributed by atoms with Crippen LogP contribution in [0.2, 0.25) is 0 Å². The third kappa shape index (κ3) is 3.20. The van der Waals surface area contributed by atoms with Crippen LogP contribution in [-0.4, -0.2) is 5.91 Å². The van der Waals surface area contributed by atoms with E-state index < -0.39 is 0 Å². The van der Waals surface area contributed by atoms with Crippen LogP contribution in [0, 0.1) is 12.7 Å². The van der Waals surface area contributed by atoms with Crippen LogP contribution in [0.4, 0.5) is 4.39 Å². The van der Waals surface area contributed by atoms with E-state index >= 15 is 0 Å². The predicted octanol–water partition coefficient (Wildman–Crippen LogP) is 2.59. The molecule has 3 nitrogen and oxygen atoms in total. The molecule has 0 atom stereocenters. The Morgan fingerprint density at radius 1 is 1.28 bits per heavy atom. The number of benzene rings is 1. The molecule has 2 aromatic rings. The summed E-state index contributed by atoms with van der Waals surface area (Å²) < 4.78 is 18.6. The van der Waals surface area contributed by atoms with Crippen LogP contribution in [0.5, 0.6) is 0 Å². The molecule has 0 bridgehead atoms. The van der Waals surface area contributed by atoms with E-state index in [2.05, 4.69) is 5.32 Å². The van der Waals surface area contributed by atoms with Gasteiger partial charge in [-0.3, -0.25) is 4.79 Å². The van der Waals surface area contributed by atoms with E-state index in [1.807, 2.05) is 13.0 Å². The largest absolute Gasteiger partial charge is 0.465 e. The predicted molar refractivity (Wildman–Crippen MR) is 65.4 cm³/mol. The lowest BCUT2D eigenvalue weighted by Crippen LogP contribution is -2.24. The third-order valence-electron chi connectivity index (χ3n) is 2.56. The van der Waals surface area contributed by atoms with Gasteiger partial charge in [-0.15, -0.1) is 0 Å². The van der Waals surface area contributed by atoms with Gasteiger partial charge in [0.05, 0.1) is 13.0 Å². The summed E-state index contributed by atoms with van der Waals surface area (Å²) in [4.78, 5) is 11.6. The topological polar surface area (TPSA) is 42.2 Å². The molecule has 0 saturated carbocycles. The van der Waals surface area contributed by atoms with Gasteiger partial charge in [0, 0.05) is 0 Å². The molecule has 0 aliphatic heterocycles. The van der Waals surface area contributed by atoms with Crippen LogP contribution in [-0.2, 0) is 17.8 Å². The molecular formula is C14H14FNO2. The highest BCUT2D eigenvalue weighted by Gasteiger charge is 2.08. The SMILES string of the molecule is Cc1ccc(CNC(=O)Cc2ccccc2F)o1. The Morgan fingerprint density at radius 2 is 2.06 bits per heavy atom. The van der Waals surface area contributed by atoms with Gasteiger partial charge in [-0.2, -0.15) is 0 Å². The Bertz CT molecular complexity index is 548. The first-order valence-corrected chi connectivity index (χ1v) is 5.70. The van der Waals surface area contributed by atoms with E-state index in [9.17, 15) is 9.18 Å². The van der Waals surface area contributed by atoms with Gasteiger partial charge in [-0.05, 0) is 30.7 Å². The van der Waals surface area contributed by atoms with Gasteiger partial charge in [0.1, 0.15) is 17.3 Å². The molecule has 1 amide bonds. The van der Waals surface area contributed by atoms with Crippen LogP contribution < -0.4 is 5.32 Å². The number of furan rings is 1. The summed E-state index contributed by atoms with van der Waals surface area (Å²) in [5.41, 5.74) is 0.394. The van der Waals surface area contributed by atoms with Crippen LogP contribution in [0.15, 0.2) is 40.8 Å². The van der Waals surface area contributed by atoms with Crippen molar-refractivity contribution < 1.29 is 13.6 Å². The van der Waals surface area contributed by atoms with Gasteiger partial charge in [0.15, 0.2) is 0 Å². The third-order valence-corrected chi connectivity index (χ3v) is 2.56. The van der Waals surface area contributed by atoms with Crippen LogP contribution >= 0.6 is 0 Å². The van der Waals surface area contributed by atoms with E-state index in [0.29, 0.717) is 17.9 Å². The lowest BCUT2D eigenvalue weighted by molar-refractivity contribution is -0.120. The molecule has 2 rings (SSSR count). The molecule has 0 saturated heterocycles. The van der Waals surface area contributed by atoms with Crippen molar-refractivity contribution in [2.45, 2.75) is 19.9 Å². The minimum Gasteiger partial charge on any atom is -0.465 e. The van der Waals surface area contributed by atoms with E-state index in [4.69, 9.17) is 4.42 Å². The fourth-order valence-corrected chi connectivity index (χ4v) is 1.64. The van der Waals surface area contributed by atoms with Gasteiger partial charge < -0.3 is 9.73 Å². The van der Waals surface area contributed by atoms with Crippen LogP contribution in [0.3, 0.4) is 0 Å². The molecule has 0 aliphatic rings. The minimum absolute atomic E-state index is 0.0341. The molecule has 0 fully saturated rings. The van der Waals surface area contributed by atoms with Crippen molar-refractivity contribution in [3.05, 3.63) is 59.3 Å². The number of halogens is 1. The molecule has 1 N–H and O–H groups in total. The number of carbonyl (C=O) groups excluding carboxylic acids is 1. The number of nitrogens with one attached hydrogen (secondary N) is 1. The van der Waals surface area contributed by atoms with Gasteiger partial charge in [0.2, 0.25) is 5.91 Å². The molecule has 0 unspecified atom stereocenters. The number of carbonyl (C=O) groups is 1. The maximum Gasteiger partial charge on any atom is 0.224 e. The van der Waals surface area contributed by atoms with Crippen LogP contribution in [0.1, 0.15) is 17.1 Å². The summed E-state index contributed by atoms with van der Waals surface area (Å²) in [7, 11) is 0. The second-order valence-electron chi connectivity index (χ2n) is 4.06. The number of hydrogen-bond donors (Lipinski definition) is 1. The van der Waals surface area contributed by atoms with Crippen molar-refractivity contribution in [3.8, 4) is 0 Å². The fraction of sp³-hybridized carbons (Fsp3) is 0.214. The van der Waals surface area contributed by atoms with Gasteiger partial charge in [0.25, 0.3) is 0 Å². The molecule has 18 heavy (non-hydrogen) atoms. The lowest BCUT2D eigenvalue weighted by atomic mass is 10.1. The second kappa shape index (κ2) is 5.49. The summed E-state index contributed by atoms with van der Waals surface area (Å²) in [6, 6.07) is 9.89. The first-order valence-electron chi connectivity index (χ1n) is 5.70. The zero-order valence-corrected chi connectivity index (χ0v) is 10.1. The molecule has 0 spiro atoms. The zero-order chi connectivity index (χ0) is 13.0. The Hall–Kier alpha value is -2.10. The molecule has 94 valence electrons. The summed E-state index contributed by atoms with van der Waals surface area (Å²) in [5, 5.41) is 2.69. The zero-order valence-electron chi connectivity index (χ0n) is 10.1. The molecule has 0 aliphatic carbocycles. The monoisotopic (exact) mass is 247 g/mol. The molecular weight excluding hydrogens is 233 g/mol. The smallest absolute Gasteiger partial charge is 0.224 e. The highest BCUT2D eigenvalue weighted by molar-refractivity contribution is 5.78. The van der Waals surface area contributed by atoms with Crippen LogP contribution in [0.25, 0.3) is 0 Å². The molecule has 1 aromatic carbocycles. The maximum atomic E-state index is 13.3. The Labute approximate surface area is 105 Å². The van der Waals surface area contributed by atoms with Gasteiger partial charge in [-0.25, -0.2) is 4.39 Å². The van der Waals surface area contributed by atoms with Crippen molar-refractivity contribution >= 4 is 5.91 Å². The summed E-state index contributed by atoms with van der Waals surface area (Å²) in [5.74, 6) is 0.901. The van der Waals surface area contributed by atoms with Crippen molar-refractivity contribution in [1.29, 1.82) is 0 Å². The first kappa shape index (κ1) is 12.4. The highest BCUT2D eigenvalue weighted by atomic mass is 19.1. The van der Waals surface area contributed by atoms with Gasteiger partial charge >= 0.3 is 0 Å². The average molecular weight is 247 g/mol. The second-order valence-corrected chi connectivity index (χ2v) is 4.06. The molecule has 1 aromatic heterocycles. The van der Waals surface area contributed by atoms with E-state index in [1.54, 1.807) is 24.3 Å². The maximum absolute atomic E-state index is 13.3.